The third-order valence-electron chi connectivity index (χ3n) is 3.84. The second-order valence-corrected chi connectivity index (χ2v) is 6.83. The summed E-state index contributed by atoms with van der Waals surface area (Å²) in [5, 5.41) is 7.31. The third-order valence-corrected chi connectivity index (χ3v) is 4.09. The summed E-state index contributed by atoms with van der Waals surface area (Å²) >= 11 is 5.96. The fourth-order valence-corrected chi connectivity index (χ4v) is 2.64. The number of halogens is 1. The van der Waals surface area contributed by atoms with Crippen molar-refractivity contribution in [3.8, 4) is 11.4 Å². The van der Waals surface area contributed by atoms with E-state index in [0.717, 1.165) is 36.6 Å². The molecule has 0 bridgehead atoms. The van der Waals surface area contributed by atoms with E-state index in [1.165, 1.54) is 0 Å². The van der Waals surface area contributed by atoms with Gasteiger partial charge in [0.2, 0.25) is 5.95 Å². The largest absolute Gasteiger partial charge is 0.354 e. The summed E-state index contributed by atoms with van der Waals surface area (Å²) in [5.41, 5.74) is 2.47. The number of nitrogens with zero attached hydrogens (tertiary/aromatic N) is 4. The van der Waals surface area contributed by atoms with Crippen LogP contribution in [-0.4, -0.2) is 47.0 Å². The molecule has 0 radical (unpaired) electrons. The number of benzene rings is 1. The summed E-state index contributed by atoms with van der Waals surface area (Å²) in [4.78, 5) is 15.8. The Labute approximate surface area is 164 Å². The van der Waals surface area contributed by atoms with E-state index >= 15 is 0 Å². The number of rotatable bonds is 8. The molecule has 7 heteroatoms. The summed E-state index contributed by atoms with van der Waals surface area (Å²) in [6, 6.07) is 15.2. The van der Waals surface area contributed by atoms with Crippen molar-refractivity contribution in [2.24, 2.45) is 0 Å². The summed E-state index contributed by atoms with van der Waals surface area (Å²) in [6.07, 6.45) is 2.76. The zero-order valence-electron chi connectivity index (χ0n) is 15.5. The monoisotopic (exact) mass is 382 g/mol. The van der Waals surface area contributed by atoms with Crippen LogP contribution in [0.1, 0.15) is 6.42 Å². The zero-order valence-corrected chi connectivity index (χ0v) is 16.2. The van der Waals surface area contributed by atoms with Crippen LogP contribution in [0.3, 0.4) is 0 Å². The fraction of sp³-hybridized carbons (Fsp3) is 0.250. The highest BCUT2D eigenvalue weighted by molar-refractivity contribution is 6.30. The van der Waals surface area contributed by atoms with Crippen molar-refractivity contribution in [3.05, 3.63) is 59.8 Å². The van der Waals surface area contributed by atoms with Crippen LogP contribution in [0.25, 0.3) is 11.4 Å². The second-order valence-electron chi connectivity index (χ2n) is 6.39. The van der Waals surface area contributed by atoms with Crippen LogP contribution in [0.4, 0.5) is 17.5 Å². The van der Waals surface area contributed by atoms with Crippen LogP contribution in [0.15, 0.2) is 54.7 Å². The van der Waals surface area contributed by atoms with Crippen LogP contribution in [0.5, 0.6) is 0 Å². The maximum atomic E-state index is 5.96. The van der Waals surface area contributed by atoms with Gasteiger partial charge in [0.05, 0.1) is 11.4 Å². The van der Waals surface area contributed by atoms with Crippen molar-refractivity contribution >= 4 is 29.1 Å². The van der Waals surface area contributed by atoms with Gasteiger partial charge in [0.25, 0.3) is 0 Å². The summed E-state index contributed by atoms with van der Waals surface area (Å²) < 4.78 is 0. The van der Waals surface area contributed by atoms with Gasteiger partial charge in [-0.1, -0.05) is 17.7 Å². The predicted octanol–water partition coefficient (Wildman–Crippen LogP) is 4.30. The van der Waals surface area contributed by atoms with Crippen LogP contribution in [0.2, 0.25) is 5.02 Å². The van der Waals surface area contributed by atoms with Gasteiger partial charge < -0.3 is 15.5 Å². The van der Waals surface area contributed by atoms with Crippen molar-refractivity contribution in [2.75, 3.05) is 37.8 Å². The van der Waals surface area contributed by atoms with Crippen molar-refractivity contribution in [1.29, 1.82) is 0 Å². The molecule has 2 heterocycles. The molecular weight excluding hydrogens is 360 g/mol. The first kappa shape index (κ1) is 19.1. The van der Waals surface area contributed by atoms with Gasteiger partial charge in [0.1, 0.15) is 5.82 Å². The second kappa shape index (κ2) is 9.30. The van der Waals surface area contributed by atoms with Gasteiger partial charge in [-0.05, 0) is 63.5 Å². The summed E-state index contributed by atoms with van der Waals surface area (Å²) in [6.45, 7) is 1.80. The van der Waals surface area contributed by atoms with Gasteiger partial charge in [-0.3, -0.25) is 4.98 Å². The minimum Gasteiger partial charge on any atom is -0.354 e. The van der Waals surface area contributed by atoms with Gasteiger partial charge >= 0.3 is 0 Å². The molecule has 140 valence electrons. The molecule has 2 aromatic heterocycles. The number of pyridine rings is 1. The van der Waals surface area contributed by atoms with Crippen molar-refractivity contribution in [2.45, 2.75) is 6.42 Å². The number of hydrogen-bond donors (Lipinski definition) is 2. The molecule has 6 nitrogen and oxygen atoms in total. The van der Waals surface area contributed by atoms with E-state index in [1.54, 1.807) is 6.20 Å². The maximum Gasteiger partial charge on any atom is 0.225 e. The molecule has 0 fully saturated rings. The summed E-state index contributed by atoms with van der Waals surface area (Å²) in [7, 11) is 4.12. The minimum absolute atomic E-state index is 0.577. The summed E-state index contributed by atoms with van der Waals surface area (Å²) in [5.74, 6) is 1.27. The molecule has 0 amide bonds. The zero-order chi connectivity index (χ0) is 19.1. The van der Waals surface area contributed by atoms with Crippen LogP contribution < -0.4 is 10.6 Å². The molecule has 0 aliphatic rings. The molecular formula is C20H23ClN6. The van der Waals surface area contributed by atoms with Crippen LogP contribution in [-0.2, 0) is 0 Å². The molecule has 3 rings (SSSR count). The van der Waals surface area contributed by atoms with Gasteiger partial charge in [-0.15, -0.1) is 0 Å². The average Bonchev–Trinajstić information content (AvgIpc) is 2.67. The Kier molecular flexibility index (Phi) is 6.57. The molecule has 1 aromatic carbocycles. The van der Waals surface area contributed by atoms with Crippen LogP contribution in [0, 0.1) is 0 Å². The molecule has 0 saturated heterocycles. The number of hydrogen-bond acceptors (Lipinski definition) is 6. The highest BCUT2D eigenvalue weighted by Gasteiger charge is 2.08. The molecule has 0 aliphatic heterocycles. The highest BCUT2D eigenvalue weighted by atomic mass is 35.5. The molecule has 27 heavy (non-hydrogen) atoms. The lowest BCUT2D eigenvalue weighted by atomic mass is 10.2. The standard InChI is InChI=1S/C20H23ClN6/c1-27(2)13-5-12-23-20-25-18(17-6-3-4-11-22-17)14-19(26-20)24-16-9-7-15(21)8-10-16/h3-4,6-11,14H,5,12-13H2,1-2H3,(H2,23,24,25,26). The Morgan fingerprint density at radius 2 is 1.81 bits per heavy atom. The molecule has 0 atom stereocenters. The first-order chi connectivity index (χ1) is 13.1. The van der Waals surface area contributed by atoms with Gasteiger partial charge in [-0.2, -0.15) is 4.98 Å². The first-order valence-electron chi connectivity index (χ1n) is 8.82. The SMILES string of the molecule is CN(C)CCCNc1nc(Nc2ccc(Cl)cc2)cc(-c2ccccn2)n1. The lowest BCUT2D eigenvalue weighted by molar-refractivity contribution is 0.405. The van der Waals surface area contributed by atoms with E-state index in [-0.39, 0.29) is 0 Å². The Morgan fingerprint density at radius 1 is 1.00 bits per heavy atom. The topological polar surface area (TPSA) is 66.0 Å². The van der Waals surface area contributed by atoms with E-state index in [4.69, 9.17) is 11.6 Å². The number of aromatic nitrogens is 3. The molecule has 2 N–H and O–H groups in total. The molecule has 0 saturated carbocycles. The Hall–Kier alpha value is -2.70. The Bertz CT molecular complexity index is 852. The van der Waals surface area contributed by atoms with E-state index < -0.39 is 0 Å². The van der Waals surface area contributed by atoms with Gasteiger partial charge in [0.15, 0.2) is 0 Å². The molecule has 0 aliphatic carbocycles. The lowest BCUT2D eigenvalue weighted by Crippen LogP contribution is -2.17. The van der Waals surface area contributed by atoms with Crippen molar-refractivity contribution in [3.63, 3.8) is 0 Å². The van der Waals surface area contributed by atoms with Crippen molar-refractivity contribution < 1.29 is 0 Å². The van der Waals surface area contributed by atoms with Crippen LogP contribution >= 0.6 is 11.6 Å². The van der Waals surface area contributed by atoms with Crippen molar-refractivity contribution in [1.82, 2.24) is 19.9 Å². The number of nitrogens with one attached hydrogen (secondary N) is 2. The molecule has 0 spiro atoms. The minimum atomic E-state index is 0.577. The molecule has 0 unspecified atom stereocenters. The quantitative estimate of drug-likeness (QED) is 0.566. The van der Waals surface area contributed by atoms with E-state index in [2.05, 4.69) is 44.6 Å². The van der Waals surface area contributed by atoms with Gasteiger partial charge in [-0.25, -0.2) is 4.98 Å². The fourth-order valence-electron chi connectivity index (χ4n) is 2.51. The van der Waals surface area contributed by atoms with Gasteiger partial charge in [0, 0.05) is 29.5 Å². The maximum absolute atomic E-state index is 5.96. The smallest absolute Gasteiger partial charge is 0.225 e. The van der Waals surface area contributed by atoms with E-state index in [0.29, 0.717) is 16.8 Å². The van der Waals surface area contributed by atoms with E-state index in [1.807, 2.05) is 48.5 Å². The Balaban J connectivity index is 1.82. The number of anilines is 3. The predicted molar refractivity (Wildman–Crippen MR) is 112 cm³/mol. The average molecular weight is 383 g/mol. The van der Waals surface area contributed by atoms with E-state index in [9.17, 15) is 0 Å². The third kappa shape index (κ3) is 5.91. The Morgan fingerprint density at radius 3 is 2.52 bits per heavy atom. The first-order valence-corrected chi connectivity index (χ1v) is 9.19. The highest BCUT2D eigenvalue weighted by Crippen LogP contribution is 2.23. The normalized spacial score (nSPS) is 10.8. The lowest BCUT2D eigenvalue weighted by Gasteiger charge is -2.12. The molecule has 3 aromatic rings.